The molecule has 1 atom stereocenters. The Bertz CT molecular complexity index is 200. The smallest absolute Gasteiger partial charge is 0.123 e. The van der Waals surface area contributed by atoms with Crippen LogP contribution in [0.1, 0.15) is 117 Å². The van der Waals surface area contributed by atoms with Crippen molar-refractivity contribution in [2.24, 2.45) is 5.92 Å². The van der Waals surface area contributed by atoms with Crippen molar-refractivity contribution < 1.29 is 4.79 Å². The minimum absolute atomic E-state index is 0.336. The van der Waals surface area contributed by atoms with E-state index in [0.29, 0.717) is 5.92 Å². The summed E-state index contributed by atoms with van der Waals surface area (Å²) in [6, 6.07) is 0. The van der Waals surface area contributed by atoms with E-state index in [4.69, 9.17) is 0 Å². The molecule has 0 saturated heterocycles. The summed E-state index contributed by atoms with van der Waals surface area (Å²) in [5.41, 5.74) is 0. The number of hydrogen-bond donors (Lipinski definition) is 0. The SMILES string of the molecule is CCCCCCCCCCCCCCCC(C=O)CCC. The van der Waals surface area contributed by atoms with Gasteiger partial charge in [0.2, 0.25) is 0 Å². The molecule has 0 aromatic rings. The lowest BCUT2D eigenvalue weighted by atomic mass is 9.97. The van der Waals surface area contributed by atoms with Crippen LogP contribution in [0.4, 0.5) is 0 Å². The van der Waals surface area contributed by atoms with Crippen LogP contribution in [-0.2, 0) is 4.79 Å². The van der Waals surface area contributed by atoms with Crippen LogP contribution >= 0.6 is 0 Å². The minimum atomic E-state index is 0.336. The lowest BCUT2D eigenvalue weighted by Crippen LogP contribution is -2.01. The van der Waals surface area contributed by atoms with Gasteiger partial charge in [-0.15, -0.1) is 0 Å². The van der Waals surface area contributed by atoms with Crippen LogP contribution in [0.2, 0.25) is 0 Å². The molecule has 0 aliphatic rings. The summed E-state index contributed by atoms with van der Waals surface area (Å²) in [6.07, 6.45) is 22.7. The van der Waals surface area contributed by atoms with Crippen molar-refractivity contribution in [2.45, 2.75) is 117 Å². The number of carbonyl (C=O) groups excluding carboxylic acids is 1. The molecule has 0 aromatic heterocycles. The van der Waals surface area contributed by atoms with Crippen molar-refractivity contribution in [2.75, 3.05) is 0 Å². The van der Waals surface area contributed by atoms with Gasteiger partial charge in [-0.25, -0.2) is 0 Å². The van der Waals surface area contributed by atoms with Crippen LogP contribution < -0.4 is 0 Å². The van der Waals surface area contributed by atoms with Gasteiger partial charge in [-0.05, 0) is 12.8 Å². The van der Waals surface area contributed by atoms with Crippen LogP contribution in [-0.4, -0.2) is 6.29 Å². The summed E-state index contributed by atoms with van der Waals surface area (Å²) in [6.45, 7) is 4.45. The Labute approximate surface area is 134 Å². The maximum absolute atomic E-state index is 10.8. The van der Waals surface area contributed by atoms with Gasteiger partial charge >= 0.3 is 0 Å². The molecule has 0 heterocycles. The first-order valence-electron chi connectivity index (χ1n) is 9.80. The number of rotatable bonds is 17. The molecular formula is C20H40O. The zero-order chi connectivity index (χ0) is 15.6. The van der Waals surface area contributed by atoms with Crippen molar-refractivity contribution in [1.29, 1.82) is 0 Å². The minimum Gasteiger partial charge on any atom is -0.303 e. The van der Waals surface area contributed by atoms with Gasteiger partial charge < -0.3 is 4.79 Å². The lowest BCUT2D eigenvalue weighted by Gasteiger charge is -2.08. The van der Waals surface area contributed by atoms with Gasteiger partial charge in [-0.3, -0.25) is 0 Å². The molecule has 0 spiro atoms. The molecule has 126 valence electrons. The molecule has 0 N–H and O–H groups in total. The highest BCUT2D eigenvalue weighted by Gasteiger charge is 2.04. The topological polar surface area (TPSA) is 17.1 Å². The Hall–Kier alpha value is -0.330. The summed E-state index contributed by atoms with van der Waals surface area (Å²) in [4.78, 5) is 10.8. The largest absolute Gasteiger partial charge is 0.303 e. The molecule has 0 aliphatic carbocycles. The average Bonchev–Trinajstić information content (AvgIpc) is 2.50. The van der Waals surface area contributed by atoms with Gasteiger partial charge in [0, 0.05) is 5.92 Å². The van der Waals surface area contributed by atoms with E-state index >= 15 is 0 Å². The molecule has 0 radical (unpaired) electrons. The molecule has 21 heavy (non-hydrogen) atoms. The van der Waals surface area contributed by atoms with Gasteiger partial charge in [-0.1, -0.05) is 104 Å². The number of unbranched alkanes of at least 4 members (excludes halogenated alkanes) is 12. The molecule has 0 aromatic carbocycles. The van der Waals surface area contributed by atoms with Crippen molar-refractivity contribution >= 4 is 6.29 Å². The third-order valence-corrected chi connectivity index (χ3v) is 4.53. The number of carbonyl (C=O) groups is 1. The van der Waals surface area contributed by atoms with Crippen LogP contribution in [0.5, 0.6) is 0 Å². The van der Waals surface area contributed by atoms with E-state index in [1.54, 1.807) is 0 Å². The second-order valence-electron chi connectivity index (χ2n) is 6.72. The predicted molar refractivity (Wildman–Crippen MR) is 94.8 cm³/mol. The molecule has 0 fully saturated rings. The van der Waals surface area contributed by atoms with Crippen molar-refractivity contribution in [3.8, 4) is 0 Å². The van der Waals surface area contributed by atoms with Crippen molar-refractivity contribution in [3.05, 3.63) is 0 Å². The Kier molecular flexibility index (Phi) is 17.4. The Balaban J connectivity index is 3.10. The Morgan fingerprint density at radius 1 is 0.571 bits per heavy atom. The highest BCUT2D eigenvalue weighted by Crippen LogP contribution is 2.16. The monoisotopic (exact) mass is 296 g/mol. The highest BCUT2D eigenvalue weighted by molar-refractivity contribution is 5.53. The first-order chi connectivity index (χ1) is 10.3. The fourth-order valence-corrected chi connectivity index (χ4v) is 3.08. The molecule has 1 heteroatoms. The maximum Gasteiger partial charge on any atom is 0.123 e. The van der Waals surface area contributed by atoms with Gasteiger partial charge in [0.05, 0.1) is 0 Å². The Morgan fingerprint density at radius 2 is 1.00 bits per heavy atom. The van der Waals surface area contributed by atoms with E-state index in [-0.39, 0.29) is 0 Å². The van der Waals surface area contributed by atoms with E-state index < -0.39 is 0 Å². The summed E-state index contributed by atoms with van der Waals surface area (Å²) in [5, 5.41) is 0. The highest BCUT2D eigenvalue weighted by atomic mass is 16.1. The summed E-state index contributed by atoms with van der Waals surface area (Å²) < 4.78 is 0. The van der Waals surface area contributed by atoms with Gasteiger partial charge in [0.15, 0.2) is 0 Å². The second kappa shape index (κ2) is 17.7. The number of hydrogen-bond acceptors (Lipinski definition) is 1. The van der Waals surface area contributed by atoms with Gasteiger partial charge in [0.1, 0.15) is 6.29 Å². The average molecular weight is 297 g/mol. The molecule has 0 saturated carbocycles. The van der Waals surface area contributed by atoms with Gasteiger partial charge in [0.25, 0.3) is 0 Å². The van der Waals surface area contributed by atoms with Crippen LogP contribution in [0.3, 0.4) is 0 Å². The summed E-state index contributed by atoms with van der Waals surface area (Å²) in [7, 11) is 0. The normalized spacial score (nSPS) is 12.5. The van der Waals surface area contributed by atoms with E-state index in [9.17, 15) is 4.79 Å². The first-order valence-corrected chi connectivity index (χ1v) is 9.80. The van der Waals surface area contributed by atoms with Crippen LogP contribution in [0.15, 0.2) is 0 Å². The zero-order valence-corrected chi connectivity index (χ0v) is 14.9. The molecule has 0 bridgehead atoms. The van der Waals surface area contributed by atoms with E-state index in [0.717, 1.165) is 19.3 Å². The molecule has 1 unspecified atom stereocenters. The van der Waals surface area contributed by atoms with E-state index in [1.807, 2.05) is 0 Å². The third kappa shape index (κ3) is 15.9. The summed E-state index contributed by atoms with van der Waals surface area (Å²) in [5.74, 6) is 0.336. The van der Waals surface area contributed by atoms with E-state index in [1.165, 1.54) is 89.8 Å². The van der Waals surface area contributed by atoms with Crippen LogP contribution in [0.25, 0.3) is 0 Å². The van der Waals surface area contributed by atoms with Gasteiger partial charge in [-0.2, -0.15) is 0 Å². The molecule has 0 aliphatic heterocycles. The Morgan fingerprint density at radius 3 is 1.38 bits per heavy atom. The lowest BCUT2D eigenvalue weighted by molar-refractivity contribution is -0.111. The fourth-order valence-electron chi connectivity index (χ4n) is 3.08. The fraction of sp³-hybridized carbons (Fsp3) is 0.950. The number of aldehydes is 1. The maximum atomic E-state index is 10.8. The molecule has 0 amide bonds. The third-order valence-electron chi connectivity index (χ3n) is 4.53. The molecule has 1 nitrogen and oxygen atoms in total. The zero-order valence-electron chi connectivity index (χ0n) is 14.9. The predicted octanol–water partition coefficient (Wildman–Crippen LogP) is 7.08. The van der Waals surface area contributed by atoms with Crippen LogP contribution in [0, 0.1) is 5.92 Å². The second-order valence-corrected chi connectivity index (χ2v) is 6.72. The first kappa shape index (κ1) is 20.7. The quantitative estimate of drug-likeness (QED) is 0.207. The molecular weight excluding hydrogens is 256 g/mol. The standard InChI is InChI=1S/C20H40O/c1-3-5-6-7-8-9-10-11-12-13-14-15-16-18-20(19-21)17-4-2/h19-20H,3-18H2,1-2H3. The van der Waals surface area contributed by atoms with E-state index in [2.05, 4.69) is 13.8 Å². The van der Waals surface area contributed by atoms with Crippen molar-refractivity contribution in [3.63, 3.8) is 0 Å². The summed E-state index contributed by atoms with van der Waals surface area (Å²) >= 11 is 0. The van der Waals surface area contributed by atoms with Crippen molar-refractivity contribution in [1.82, 2.24) is 0 Å². The molecule has 0 rings (SSSR count).